The summed E-state index contributed by atoms with van der Waals surface area (Å²) in [6, 6.07) is 9.80. The van der Waals surface area contributed by atoms with Crippen molar-refractivity contribution in [1.29, 1.82) is 0 Å². The first-order valence-electron chi connectivity index (χ1n) is 6.44. The lowest BCUT2D eigenvalue weighted by molar-refractivity contribution is 0.173. The molecule has 5 nitrogen and oxygen atoms in total. The number of pyridine rings is 1. The van der Waals surface area contributed by atoms with Crippen molar-refractivity contribution < 1.29 is 14.2 Å². The van der Waals surface area contributed by atoms with Gasteiger partial charge in [-0.1, -0.05) is 18.2 Å². The van der Waals surface area contributed by atoms with Gasteiger partial charge in [0.1, 0.15) is 0 Å². The molecule has 0 amide bonds. The van der Waals surface area contributed by atoms with Crippen molar-refractivity contribution in [3.05, 3.63) is 47.7 Å². The Morgan fingerprint density at radius 2 is 2.00 bits per heavy atom. The molecule has 1 aliphatic heterocycles. The van der Waals surface area contributed by atoms with Crippen molar-refractivity contribution in [3.8, 4) is 17.4 Å². The molecule has 0 bridgehead atoms. The maximum Gasteiger partial charge on any atom is 0.231 e. The number of methoxy groups -OCH3 is 1. The third-order valence-electron chi connectivity index (χ3n) is 3.15. The number of nitrogens with one attached hydrogen (secondary N) is 1. The van der Waals surface area contributed by atoms with Crippen molar-refractivity contribution in [1.82, 2.24) is 10.3 Å². The van der Waals surface area contributed by atoms with Gasteiger partial charge in [0.05, 0.1) is 7.11 Å². The Morgan fingerprint density at radius 3 is 2.90 bits per heavy atom. The lowest BCUT2D eigenvalue weighted by Gasteiger charge is -2.09. The zero-order chi connectivity index (χ0) is 13.8. The van der Waals surface area contributed by atoms with Crippen LogP contribution in [0.5, 0.6) is 17.4 Å². The first-order valence-corrected chi connectivity index (χ1v) is 6.44. The van der Waals surface area contributed by atoms with E-state index in [4.69, 9.17) is 14.2 Å². The van der Waals surface area contributed by atoms with Gasteiger partial charge < -0.3 is 19.5 Å². The van der Waals surface area contributed by atoms with Crippen molar-refractivity contribution >= 4 is 0 Å². The highest BCUT2D eigenvalue weighted by Gasteiger charge is 2.16. The summed E-state index contributed by atoms with van der Waals surface area (Å²) in [4.78, 5) is 4.17. The minimum atomic E-state index is 0.294. The summed E-state index contributed by atoms with van der Waals surface area (Å²) in [6.07, 6.45) is 1.72. The van der Waals surface area contributed by atoms with Gasteiger partial charge in [-0.15, -0.1) is 0 Å². The summed E-state index contributed by atoms with van der Waals surface area (Å²) in [5.74, 6) is 2.29. The second-order valence-electron chi connectivity index (χ2n) is 4.43. The number of hydrogen-bond acceptors (Lipinski definition) is 5. The van der Waals surface area contributed by atoms with E-state index in [9.17, 15) is 0 Å². The van der Waals surface area contributed by atoms with E-state index in [1.54, 1.807) is 13.3 Å². The molecule has 104 valence electrons. The van der Waals surface area contributed by atoms with Crippen LogP contribution in [0.15, 0.2) is 36.5 Å². The molecular formula is C15H16N2O3. The van der Waals surface area contributed by atoms with Crippen LogP contribution in [-0.2, 0) is 13.1 Å². The molecule has 2 heterocycles. The number of rotatable bonds is 5. The van der Waals surface area contributed by atoms with E-state index >= 15 is 0 Å². The largest absolute Gasteiger partial charge is 0.481 e. The van der Waals surface area contributed by atoms with Gasteiger partial charge in [-0.3, -0.25) is 0 Å². The molecule has 5 heteroatoms. The Balaban J connectivity index is 1.65. The average molecular weight is 272 g/mol. The van der Waals surface area contributed by atoms with Gasteiger partial charge in [0, 0.05) is 30.4 Å². The minimum absolute atomic E-state index is 0.294. The Labute approximate surface area is 117 Å². The fraction of sp³-hybridized carbons (Fsp3) is 0.267. The van der Waals surface area contributed by atoms with Crippen molar-refractivity contribution in [2.75, 3.05) is 13.9 Å². The molecule has 0 radical (unpaired) electrons. The Hall–Kier alpha value is -2.27. The van der Waals surface area contributed by atoms with Gasteiger partial charge in [-0.2, -0.15) is 0 Å². The standard InChI is InChI=1S/C15H16N2O3/c1-18-15-12(5-3-7-17-15)9-16-8-11-4-2-6-13-14(11)20-10-19-13/h2-7,16H,8-10H2,1H3. The summed E-state index contributed by atoms with van der Waals surface area (Å²) < 4.78 is 16.1. The van der Waals surface area contributed by atoms with E-state index in [0.29, 0.717) is 25.8 Å². The van der Waals surface area contributed by atoms with Crippen LogP contribution >= 0.6 is 0 Å². The molecule has 0 atom stereocenters. The number of ether oxygens (including phenoxy) is 3. The molecule has 0 fully saturated rings. The summed E-state index contributed by atoms with van der Waals surface area (Å²) in [5, 5.41) is 3.37. The predicted octanol–water partition coefficient (Wildman–Crippen LogP) is 2.11. The Kier molecular flexibility index (Phi) is 3.69. The lowest BCUT2D eigenvalue weighted by atomic mass is 10.2. The fourth-order valence-electron chi connectivity index (χ4n) is 2.20. The van der Waals surface area contributed by atoms with Crippen LogP contribution in [0.1, 0.15) is 11.1 Å². The predicted molar refractivity (Wildman–Crippen MR) is 73.9 cm³/mol. The third kappa shape index (κ3) is 2.53. The van der Waals surface area contributed by atoms with Gasteiger partial charge in [0.15, 0.2) is 11.5 Å². The van der Waals surface area contributed by atoms with Gasteiger partial charge in [-0.25, -0.2) is 4.98 Å². The monoisotopic (exact) mass is 272 g/mol. The van der Waals surface area contributed by atoms with Crippen molar-refractivity contribution in [2.45, 2.75) is 13.1 Å². The maximum atomic E-state index is 5.48. The summed E-state index contributed by atoms with van der Waals surface area (Å²) in [7, 11) is 1.63. The van der Waals surface area contributed by atoms with E-state index in [-0.39, 0.29) is 0 Å². The summed E-state index contributed by atoms with van der Waals surface area (Å²) in [6.45, 7) is 1.68. The second kappa shape index (κ2) is 5.79. The molecular weight excluding hydrogens is 256 g/mol. The average Bonchev–Trinajstić information content (AvgIpc) is 2.97. The molecule has 0 spiro atoms. The van der Waals surface area contributed by atoms with E-state index in [0.717, 1.165) is 22.6 Å². The molecule has 0 aliphatic carbocycles. The van der Waals surface area contributed by atoms with Gasteiger partial charge in [-0.05, 0) is 12.1 Å². The van der Waals surface area contributed by atoms with Crippen LogP contribution in [0, 0.1) is 0 Å². The number of nitrogens with zero attached hydrogens (tertiary/aromatic N) is 1. The van der Waals surface area contributed by atoms with Crippen LogP contribution < -0.4 is 19.5 Å². The maximum absolute atomic E-state index is 5.48. The van der Waals surface area contributed by atoms with Crippen LogP contribution in [0.2, 0.25) is 0 Å². The zero-order valence-corrected chi connectivity index (χ0v) is 11.3. The molecule has 20 heavy (non-hydrogen) atoms. The zero-order valence-electron chi connectivity index (χ0n) is 11.3. The number of hydrogen-bond donors (Lipinski definition) is 1. The van der Waals surface area contributed by atoms with Crippen LogP contribution in [0.4, 0.5) is 0 Å². The van der Waals surface area contributed by atoms with Crippen LogP contribution in [0.3, 0.4) is 0 Å². The number of aromatic nitrogens is 1. The highest BCUT2D eigenvalue weighted by Crippen LogP contribution is 2.35. The topological polar surface area (TPSA) is 52.6 Å². The Bertz CT molecular complexity index is 601. The van der Waals surface area contributed by atoms with E-state index in [2.05, 4.69) is 10.3 Å². The number of fused-ring (bicyclic) bond motifs is 1. The number of benzene rings is 1. The SMILES string of the molecule is COc1ncccc1CNCc1cccc2c1OCO2. The van der Waals surface area contributed by atoms with E-state index in [1.165, 1.54) is 0 Å². The molecule has 0 saturated heterocycles. The van der Waals surface area contributed by atoms with Crippen LogP contribution in [-0.4, -0.2) is 18.9 Å². The van der Waals surface area contributed by atoms with E-state index in [1.807, 2.05) is 30.3 Å². The molecule has 3 rings (SSSR count). The highest BCUT2D eigenvalue weighted by atomic mass is 16.7. The minimum Gasteiger partial charge on any atom is -0.481 e. The fourth-order valence-corrected chi connectivity index (χ4v) is 2.20. The molecule has 0 saturated carbocycles. The molecule has 1 aliphatic rings. The summed E-state index contributed by atoms with van der Waals surface area (Å²) in [5.41, 5.74) is 2.11. The molecule has 1 aromatic heterocycles. The molecule has 1 N–H and O–H groups in total. The third-order valence-corrected chi connectivity index (χ3v) is 3.15. The molecule has 0 unspecified atom stereocenters. The first-order chi connectivity index (χ1) is 9.88. The quantitative estimate of drug-likeness (QED) is 0.903. The molecule has 2 aromatic rings. The van der Waals surface area contributed by atoms with E-state index < -0.39 is 0 Å². The normalized spacial score (nSPS) is 12.4. The smallest absolute Gasteiger partial charge is 0.231 e. The summed E-state index contributed by atoms with van der Waals surface area (Å²) >= 11 is 0. The van der Waals surface area contributed by atoms with Crippen molar-refractivity contribution in [2.24, 2.45) is 0 Å². The van der Waals surface area contributed by atoms with Crippen LogP contribution in [0.25, 0.3) is 0 Å². The van der Waals surface area contributed by atoms with Gasteiger partial charge >= 0.3 is 0 Å². The second-order valence-corrected chi connectivity index (χ2v) is 4.43. The molecule has 1 aromatic carbocycles. The highest BCUT2D eigenvalue weighted by molar-refractivity contribution is 5.48. The number of para-hydroxylation sites is 1. The van der Waals surface area contributed by atoms with Gasteiger partial charge in [0.2, 0.25) is 12.7 Å². The first kappa shape index (κ1) is 12.7. The van der Waals surface area contributed by atoms with Crippen molar-refractivity contribution in [3.63, 3.8) is 0 Å². The Morgan fingerprint density at radius 1 is 1.15 bits per heavy atom. The lowest BCUT2D eigenvalue weighted by Crippen LogP contribution is -2.14. The van der Waals surface area contributed by atoms with Gasteiger partial charge in [0.25, 0.3) is 0 Å².